The number of thiophene rings is 1. The van der Waals surface area contributed by atoms with Crippen LogP contribution in [-0.4, -0.2) is 0 Å². The van der Waals surface area contributed by atoms with Gasteiger partial charge in [-0.3, -0.25) is 0 Å². The van der Waals surface area contributed by atoms with E-state index in [-0.39, 0.29) is 6.04 Å². The quantitative estimate of drug-likeness (QED) is 0.808. The number of hydrogen-bond acceptors (Lipinski definition) is 2. The molecule has 0 bridgehead atoms. The van der Waals surface area contributed by atoms with Gasteiger partial charge in [0.15, 0.2) is 0 Å². The number of rotatable bonds is 4. The molecule has 1 aromatic heterocycles. The van der Waals surface area contributed by atoms with Gasteiger partial charge in [-0.2, -0.15) is 0 Å². The van der Waals surface area contributed by atoms with Crippen LogP contribution < -0.4 is 5.73 Å². The van der Waals surface area contributed by atoms with Gasteiger partial charge in [-0.05, 0) is 48.1 Å². The normalized spacial score (nSPS) is 12.6. The summed E-state index contributed by atoms with van der Waals surface area (Å²) in [5.41, 5.74) is 7.40. The van der Waals surface area contributed by atoms with E-state index in [2.05, 4.69) is 55.4 Å². The lowest BCUT2D eigenvalue weighted by Gasteiger charge is -2.13. The molecule has 1 unspecified atom stereocenters. The van der Waals surface area contributed by atoms with Gasteiger partial charge in [0.1, 0.15) is 0 Å². The van der Waals surface area contributed by atoms with Crippen molar-refractivity contribution in [2.24, 2.45) is 5.73 Å². The zero-order chi connectivity index (χ0) is 12.3. The molecule has 0 amide bonds. The predicted molar refractivity (Wildman–Crippen MR) is 81.4 cm³/mol. The second-order valence-electron chi connectivity index (χ2n) is 3.89. The Morgan fingerprint density at radius 1 is 1.24 bits per heavy atom. The van der Waals surface area contributed by atoms with Gasteiger partial charge in [0.05, 0.1) is 0 Å². The monoisotopic (exact) mass is 373 g/mol. The van der Waals surface area contributed by atoms with Crippen molar-refractivity contribution in [3.63, 3.8) is 0 Å². The zero-order valence-corrected chi connectivity index (χ0v) is 13.2. The Bertz CT molecular complexity index is 482. The molecule has 1 nitrogen and oxygen atoms in total. The molecule has 90 valence electrons. The van der Waals surface area contributed by atoms with Crippen LogP contribution in [0.5, 0.6) is 0 Å². The highest BCUT2D eigenvalue weighted by Crippen LogP contribution is 2.28. The van der Waals surface area contributed by atoms with E-state index in [4.69, 9.17) is 5.73 Å². The number of benzene rings is 1. The molecule has 1 atom stereocenters. The number of nitrogens with two attached hydrogens (primary N) is 1. The Labute approximate surface area is 122 Å². The average Bonchev–Trinajstić information content (AvgIpc) is 2.82. The maximum absolute atomic E-state index is 6.24. The molecule has 0 saturated heterocycles. The molecule has 0 fully saturated rings. The highest BCUT2D eigenvalue weighted by atomic mass is 79.9. The van der Waals surface area contributed by atoms with Crippen LogP contribution in [0.15, 0.2) is 44.7 Å². The van der Waals surface area contributed by atoms with E-state index in [1.165, 1.54) is 4.88 Å². The molecular weight excluding hydrogens is 362 g/mol. The highest BCUT2D eigenvalue weighted by Gasteiger charge is 2.10. The Balaban J connectivity index is 2.04. The van der Waals surface area contributed by atoms with Crippen LogP contribution in [0.4, 0.5) is 0 Å². The summed E-state index contributed by atoms with van der Waals surface area (Å²) in [6.07, 6.45) is 2.01. The molecule has 1 aromatic carbocycles. The van der Waals surface area contributed by atoms with Crippen molar-refractivity contribution in [2.45, 2.75) is 18.9 Å². The van der Waals surface area contributed by atoms with E-state index >= 15 is 0 Å². The van der Waals surface area contributed by atoms with E-state index in [1.54, 1.807) is 11.3 Å². The van der Waals surface area contributed by atoms with Gasteiger partial charge in [-0.1, -0.05) is 37.9 Å². The van der Waals surface area contributed by atoms with Gasteiger partial charge in [0.2, 0.25) is 0 Å². The molecule has 0 aliphatic carbocycles. The Morgan fingerprint density at radius 2 is 2.06 bits per heavy atom. The first-order chi connectivity index (χ1) is 8.16. The summed E-state index contributed by atoms with van der Waals surface area (Å²) in [6, 6.07) is 10.4. The number of hydrogen-bond donors (Lipinski definition) is 1. The zero-order valence-electron chi connectivity index (χ0n) is 9.20. The van der Waals surface area contributed by atoms with Crippen LogP contribution in [0.25, 0.3) is 0 Å². The van der Waals surface area contributed by atoms with Crippen LogP contribution >= 0.6 is 43.2 Å². The fourth-order valence-corrected chi connectivity index (χ4v) is 3.35. The fourth-order valence-electron chi connectivity index (χ4n) is 1.71. The largest absolute Gasteiger partial charge is 0.324 e. The number of aryl methyl sites for hydroxylation is 1. The summed E-state index contributed by atoms with van der Waals surface area (Å²) in [5, 5.41) is 2.11. The molecule has 0 spiro atoms. The molecule has 2 rings (SSSR count). The van der Waals surface area contributed by atoms with E-state index in [0.29, 0.717) is 0 Å². The summed E-state index contributed by atoms with van der Waals surface area (Å²) in [4.78, 5) is 1.39. The Morgan fingerprint density at radius 3 is 2.76 bits per heavy atom. The lowest BCUT2D eigenvalue weighted by molar-refractivity contribution is 0.652. The maximum atomic E-state index is 6.24. The summed E-state index contributed by atoms with van der Waals surface area (Å²) in [7, 11) is 0. The van der Waals surface area contributed by atoms with Crippen molar-refractivity contribution in [3.05, 3.63) is 55.1 Å². The number of halogens is 2. The van der Waals surface area contributed by atoms with Crippen LogP contribution in [-0.2, 0) is 6.42 Å². The van der Waals surface area contributed by atoms with E-state index in [1.807, 2.05) is 12.1 Å². The lowest BCUT2D eigenvalue weighted by atomic mass is 10.0. The molecule has 2 aromatic rings. The van der Waals surface area contributed by atoms with E-state index < -0.39 is 0 Å². The average molecular weight is 375 g/mol. The molecule has 0 aliphatic heterocycles. The molecule has 4 heteroatoms. The van der Waals surface area contributed by atoms with Crippen molar-refractivity contribution < 1.29 is 0 Å². The van der Waals surface area contributed by atoms with Crippen molar-refractivity contribution in [1.29, 1.82) is 0 Å². The van der Waals surface area contributed by atoms with Gasteiger partial charge < -0.3 is 5.73 Å². The van der Waals surface area contributed by atoms with Crippen LogP contribution in [0.3, 0.4) is 0 Å². The second-order valence-corrected chi connectivity index (χ2v) is 6.69. The van der Waals surface area contributed by atoms with Gasteiger partial charge >= 0.3 is 0 Å². The fraction of sp³-hybridized carbons (Fsp3) is 0.231. The molecule has 0 aliphatic rings. The molecule has 0 saturated carbocycles. The summed E-state index contributed by atoms with van der Waals surface area (Å²) in [6.45, 7) is 0. The second kappa shape index (κ2) is 6.14. The Kier molecular flexibility index (Phi) is 4.79. The minimum absolute atomic E-state index is 0.0731. The van der Waals surface area contributed by atoms with E-state index in [0.717, 1.165) is 27.4 Å². The van der Waals surface area contributed by atoms with E-state index in [9.17, 15) is 0 Å². The molecule has 17 heavy (non-hydrogen) atoms. The third-order valence-electron chi connectivity index (χ3n) is 2.64. The minimum atomic E-state index is 0.0731. The lowest BCUT2D eigenvalue weighted by Crippen LogP contribution is -2.11. The SMILES string of the molecule is NC(CCc1cccs1)c1cc(Br)ccc1Br. The van der Waals surface area contributed by atoms with Crippen LogP contribution in [0.1, 0.15) is 22.9 Å². The third-order valence-corrected chi connectivity index (χ3v) is 4.79. The first-order valence-corrected chi connectivity index (χ1v) is 7.86. The predicted octanol–water partition coefficient (Wildman–Crippen LogP) is 4.91. The molecule has 0 radical (unpaired) electrons. The third kappa shape index (κ3) is 3.65. The smallest absolute Gasteiger partial charge is 0.0309 e. The van der Waals surface area contributed by atoms with Gasteiger partial charge in [-0.25, -0.2) is 0 Å². The van der Waals surface area contributed by atoms with Gasteiger partial charge in [-0.15, -0.1) is 11.3 Å². The van der Waals surface area contributed by atoms with Crippen molar-refractivity contribution in [1.82, 2.24) is 0 Å². The van der Waals surface area contributed by atoms with Gasteiger partial charge in [0.25, 0.3) is 0 Å². The van der Waals surface area contributed by atoms with Crippen molar-refractivity contribution in [3.8, 4) is 0 Å². The van der Waals surface area contributed by atoms with Crippen molar-refractivity contribution in [2.75, 3.05) is 0 Å². The topological polar surface area (TPSA) is 26.0 Å². The Hall–Kier alpha value is -0.160. The maximum Gasteiger partial charge on any atom is 0.0309 e. The minimum Gasteiger partial charge on any atom is -0.324 e. The van der Waals surface area contributed by atoms with Crippen LogP contribution in [0.2, 0.25) is 0 Å². The summed E-state index contributed by atoms with van der Waals surface area (Å²) >= 11 is 8.82. The van der Waals surface area contributed by atoms with Gasteiger partial charge in [0, 0.05) is 19.9 Å². The summed E-state index contributed by atoms with van der Waals surface area (Å²) < 4.78 is 2.15. The highest BCUT2D eigenvalue weighted by molar-refractivity contribution is 9.11. The summed E-state index contributed by atoms with van der Waals surface area (Å²) in [5.74, 6) is 0. The molecule has 1 heterocycles. The van der Waals surface area contributed by atoms with Crippen molar-refractivity contribution >= 4 is 43.2 Å². The molecular formula is C13H13Br2NS. The molecule has 2 N–H and O–H groups in total. The van der Waals surface area contributed by atoms with Crippen LogP contribution in [0, 0.1) is 0 Å². The standard InChI is InChI=1S/C13H13Br2NS/c14-9-3-5-12(15)11(8-9)13(16)6-4-10-2-1-7-17-10/h1-3,5,7-8,13H,4,6,16H2. The first kappa shape index (κ1) is 13.3. The first-order valence-electron chi connectivity index (χ1n) is 5.39.